The van der Waals surface area contributed by atoms with Gasteiger partial charge in [-0.2, -0.15) is 0 Å². The number of hydrogen-bond donors (Lipinski definition) is 0. The summed E-state index contributed by atoms with van der Waals surface area (Å²) < 4.78 is 11.8. The van der Waals surface area contributed by atoms with E-state index in [0.29, 0.717) is 11.3 Å². The normalized spacial score (nSPS) is 12.0. The van der Waals surface area contributed by atoms with Gasteiger partial charge in [0.2, 0.25) is 0 Å². The van der Waals surface area contributed by atoms with Gasteiger partial charge in [-0.3, -0.25) is 0 Å². The molecule has 2 aromatic rings. The molecule has 3 nitrogen and oxygen atoms in total. The third-order valence-electron chi connectivity index (χ3n) is 10.7. The molecular formula is C48H80O3. The first-order valence-electron chi connectivity index (χ1n) is 22.2. The van der Waals surface area contributed by atoms with E-state index in [1.807, 2.05) is 36.4 Å². The van der Waals surface area contributed by atoms with Crippen molar-refractivity contribution in [3.8, 4) is 5.75 Å². The van der Waals surface area contributed by atoms with Crippen LogP contribution in [0.5, 0.6) is 5.75 Å². The second-order valence-corrected chi connectivity index (χ2v) is 15.5. The van der Waals surface area contributed by atoms with Crippen molar-refractivity contribution in [1.82, 2.24) is 0 Å². The van der Waals surface area contributed by atoms with Gasteiger partial charge in [-0.25, -0.2) is 4.79 Å². The summed E-state index contributed by atoms with van der Waals surface area (Å²) in [7, 11) is 0. The fourth-order valence-corrected chi connectivity index (χ4v) is 7.13. The highest BCUT2D eigenvalue weighted by atomic mass is 16.5. The minimum absolute atomic E-state index is 0.0357. The van der Waals surface area contributed by atoms with Crippen molar-refractivity contribution in [1.29, 1.82) is 0 Å². The molecule has 0 saturated heterocycles. The van der Waals surface area contributed by atoms with Crippen LogP contribution in [0.3, 0.4) is 0 Å². The maximum absolute atomic E-state index is 12.8. The summed E-state index contributed by atoms with van der Waals surface area (Å²) >= 11 is 0. The van der Waals surface area contributed by atoms with Gasteiger partial charge in [0.1, 0.15) is 5.75 Å². The molecule has 0 N–H and O–H groups in total. The van der Waals surface area contributed by atoms with Crippen LogP contribution in [-0.4, -0.2) is 12.6 Å². The quantitative estimate of drug-likeness (QED) is 0.0407. The molecular weight excluding hydrogens is 625 g/mol. The van der Waals surface area contributed by atoms with Crippen LogP contribution in [-0.2, 0) is 11.2 Å². The Morgan fingerprint density at radius 3 is 1.25 bits per heavy atom. The van der Waals surface area contributed by atoms with E-state index >= 15 is 0 Å². The largest absolute Gasteiger partial charge is 0.423 e. The van der Waals surface area contributed by atoms with Gasteiger partial charge in [-0.15, -0.1) is 0 Å². The molecule has 0 amide bonds. The standard InChI is InChI=1S/C48H80O3/c1-4-6-8-10-12-14-16-18-19-20-22-24-26-28-30-32-42-50-43(3)45-38-40-47(41-39-45)51-48(49)46-36-34-44(35-37-46)33-31-29-27-25-23-21-17-15-13-11-9-7-5-2/h34-41,43H,4-33,42H2,1-3H3. The fraction of sp³-hybridized carbons (Fsp3) is 0.729. The Morgan fingerprint density at radius 2 is 0.843 bits per heavy atom. The summed E-state index contributed by atoms with van der Waals surface area (Å²) in [6.07, 6.45) is 41.1. The van der Waals surface area contributed by atoms with Crippen LogP contribution in [0.4, 0.5) is 0 Å². The minimum atomic E-state index is -0.303. The molecule has 1 atom stereocenters. The van der Waals surface area contributed by atoms with Crippen LogP contribution in [0.1, 0.15) is 235 Å². The topological polar surface area (TPSA) is 35.5 Å². The molecule has 0 spiro atoms. The summed E-state index contributed by atoms with van der Waals surface area (Å²) in [5.41, 5.74) is 3.01. The van der Waals surface area contributed by atoms with E-state index in [2.05, 4.69) is 32.9 Å². The molecule has 51 heavy (non-hydrogen) atoms. The van der Waals surface area contributed by atoms with Crippen molar-refractivity contribution in [2.75, 3.05) is 6.61 Å². The Morgan fingerprint density at radius 1 is 0.471 bits per heavy atom. The second kappa shape index (κ2) is 32.5. The van der Waals surface area contributed by atoms with E-state index in [0.717, 1.165) is 25.0 Å². The van der Waals surface area contributed by atoms with E-state index in [1.54, 1.807) is 0 Å². The number of aryl methyl sites for hydroxylation is 1. The Bertz CT molecular complexity index is 1040. The zero-order valence-corrected chi connectivity index (χ0v) is 33.8. The smallest absolute Gasteiger partial charge is 0.343 e. The number of benzene rings is 2. The number of hydrogen-bond acceptors (Lipinski definition) is 3. The van der Waals surface area contributed by atoms with Crippen molar-refractivity contribution in [2.24, 2.45) is 0 Å². The lowest BCUT2D eigenvalue weighted by molar-refractivity contribution is 0.0627. The first kappa shape index (κ1) is 45.0. The Balaban J connectivity index is 1.45. The van der Waals surface area contributed by atoms with Crippen LogP contribution in [0.15, 0.2) is 48.5 Å². The highest BCUT2D eigenvalue weighted by Crippen LogP contribution is 2.22. The molecule has 0 fully saturated rings. The zero-order valence-electron chi connectivity index (χ0n) is 33.8. The molecule has 2 aromatic carbocycles. The molecule has 2 rings (SSSR count). The lowest BCUT2D eigenvalue weighted by Gasteiger charge is -2.14. The fourth-order valence-electron chi connectivity index (χ4n) is 7.13. The van der Waals surface area contributed by atoms with Gasteiger partial charge < -0.3 is 9.47 Å². The number of ether oxygens (including phenoxy) is 2. The van der Waals surface area contributed by atoms with Crippen molar-refractivity contribution >= 4 is 5.97 Å². The summed E-state index contributed by atoms with van der Waals surface area (Å²) in [6.45, 7) is 7.48. The summed E-state index contributed by atoms with van der Waals surface area (Å²) in [4.78, 5) is 12.8. The van der Waals surface area contributed by atoms with Gasteiger partial charge in [-0.05, 0) is 61.6 Å². The van der Waals surface area contributed by atoms with Gasteiger partial charge in [0, 0.05) is 6.61 Å². The number of carbonyl (C=O) groups is 1. The minimum Gasteiger partial charge on any atom is -0.423 e. The number of rotatable bonds is 35. The third-order valence-corrected chi connectivity index (χ3v) is 10.7. The zero-order chi connectivity index (χ0) is 36.5. The Labute approximate surface area is 316 Å². The van der Waals surface area contributed by atoms with Crippen LogP contribution < -0.4 is 4.74 Å². The van der Waals surface area contributed by atoms with Gasteiger partial charge in [0.25, 0.3) is 0 Å². The molecule has 0 bridgehead atoms. The molecule has 0 aliphatic rings. The maximum atomic E-state index is 12.8. The average Bonchev–Trinajstić information content (AvgIpc) is 3.15. The van der Waals surface area contributed by atoms with E-state index < -0.39 is 0 Å². The molecule has 0 radical (unpaired) electrons. The van der Waals surface area contributed by atoms with Crippen molar-refractivity contribution in [3.05, 3.63) is 65.2 Å². The second-order valence-electron chi connectivity index (χ2n) is 15.5. The number of esters is 1. The molecule has 1 unspecified atom stereocenters. The van der Waals surface area contributed by atoms with Crippen LogP contribution in [0.25, 0.3) is 0 Å². The lowest BCUT2D eigenvalue weighted by atomic mass is 10.0. The Hall–Kier alpha value is -2.13. The first-order valence-corrected chi connectivity index (χ1v) is 22.2. The number of carbonyl (C=O) groups excluding carboxylic acids is 1. The molecule has 0 aliphatic carbocycles. The highest BCUT2D eigenvalue weighted by molar-refractivity contribution is 5.91. The summed E-state index contributed by atoms with van der Waals surface area (Å²) in [5.74, 6) is 0.271. The third kappa shape index (κ3) is 24.7. The van der Waals surface area contributed by atoms with Crippen molar-refractivity contribution < 1.29 is 14.3 Å². The van der Waals surface area contributed by atoms with E-state index in [4.69, 9.17) is 9.47 Å². The highest BCUT2D eigenvalue weighted by Gasteiger charge is 2.11. The van der Waals surface area contributed by atoms with Crippen LogP contribution in [0, 0.1) is 0 Å². The SMILES string of the molecule is CCCCCCCCCCCCCCCCCCOC(C)c1ccc(OC(=O)c2ccc(CCCCCCCCCCCCCCC)cc2)cc1. The monoisotopic (exact) mass is 705 g/mol. The number of unbranched alkanes of at least 4 members (excludes halogenated alkanes) is 27. The predicted octanol–water partition coefficient (Wildman–Crippen LogP) is 15.9. The summed E-state index contributed by atoms with van der Waals surface area (Å²) in [6, 6.07) is 15.8. The van der Waals surface area contributed by atoms with E-state index in [1.165, 1.54) is 185 Å². The van der Waals surface area contributed by atoms with Crippen LogP contribution >= 0.6 is 0 Å². The van der Waals surface area contributed by atoms with Crippen molar-refractivity contribution in [3.63, 3.8) is 0 Å². The predicted molar refractivity (Wildman–Crippen MR) is 221 cm³/mol. The molecule has 290 valence electrons. The Kier molecular flexibility index (Phi) is 28.7. The van der Waals surface area contributed by atoms with Gasteiger partial charge in [0.15, 0.2) is 0 Å². The molecule has 0 aliphatic heterocycles. The van der Waals surface area contributed by atoms with Gasteiger partial charge in [0.05, 0.1) is 11.7 Å². The molecule has 3 heteroatoms. The van der Waals surface area contributed by atoms with Crippen LogP contribution in [0.2, 0.25) is 0 Å². The van der Waals surface area contributed by atoms with E-state index in [-0.39, 0.29) is 12.1 Å². The molecule has 0 aromatic heterocycles. The van der Waals surface area contributed by atoms with Gasteiger partial charge >= 0.3 is 5.97 Å². The lowest BCUT2D eigenvalue weighted by Crippen LogP contribution is -2.08. The van der Waals surface area contributed by atoms with Gasteiger partial charge in [-0.1, -0.05) is 211 Å². The average molecular weight is 705 g/mol. The molecule has 0 heterocycles. The van der Waals surface area contributed by atoms with E-state index in [9.17, 15) is 4.79 Å². The van der Waals surface area contributed by atoms with Crippen molar-refractivity contribution in [2.45, 2.75) is 219 Å². The summed E-state index contributed by atoms with van der Waals surface area (Å²) in [5, 5.41) is 0. The first-order chi connectivity index (χ1) is 25.1. The maximum Gasteiger partial charge on any atom is 0.343 e. The molecule has 0 saturated carbocycles.